The smallest absolute Gasteiger partial charge is 0.156 e. The van der Waals surface area contributed by atoms with Gasteiger partial charge in [-0.15, -0.1) is 0 Å². The third-order valence-electron chi connectivity index (χ3n) is 2.53. The van der Waals surface area contributed by atoms with Gasteiger partial charge in [0.15, 0.2) is 5.75 Å². The molecule has 0 fully saturated rings. The SMILES string of the molecule is Ic1cccc(Oc2cnnc3ccccc23)c1. The van der Waals surface area contributed by atoms with E-state index in [1.165, 1.54) is 0 Å². The van der Waals surface area contributed by atoms with Crippen LogP contribution < -0.4 is 4.74 Å². The van der Waals surface area contributed by atoms with Crippen LogP contribution in [-0.4, -0.2) is 10.2 Å². The van der Waals surface area contributed by atoms with E-state index < -0.39 is 0 Å². The summed E-state index contributed by atoms with van der Waals surface area (Å²) in [7, 11) is 0. The molecule has 3 nitrogen and oxygen atoms in total. The zero-order chi connectivity index (χ0) is 12.4. The highest BCUT2D eigenvalue weighted by Gasteiger charge is 2.04. The molecule has 3 aromatic rings. The fraction of sp³-hybridized carbons (Fsp3) is 0. The molecule has 0 unspecified atom stereocenters. The summed E-state index contributed by atoms with van der Waals surface area (Å²) in [5, 5.41) is 8.99. The number of fused-ring (bicyclic) bond motifs is 1. The predicted molar refractivity (Wildman–Crippen MR) is 78.8 cm³/mol. The topological polar surface area (TPSA) is 35.0 Å². The number of rotatable bonds is 2. The molecule has 0 radical (unpaired) electrons. The van der Waals surface area contributed by atoms with Gasteiger partial charge in [0.2, 0.25) is 0 Å². The van der Waals surface area contributed by atoms with Gasteiger partial charge in [0, 0.05) is 8.96 Å². The molecule has 4 heteroatoms. The number of aromatic nitrogens is 2. The molecule has 0 N–H and O–H groups in total. The Morgan fingerprint density at radius 1 is 1.00 bits per heavy atom. The Kier molecular flexibility index (Phi) is 3.10. The van der Waals surface area contributed by atoms with Crippen molar-refractivity contribution < 1.29 is 4.74 Å². The number of benzene rings is 2. The lowest BCUT2D eigenvalue weighted by atomic mass is 10.2. The highest BCUT2D eigenvalue weighted by molar-refractivity contribution is 14.1. The molecule has 0 aliphatic rings. The lowest BCUT2D eigenvalue weighted by Gasteiger charge is -2.07. The fourth-order valence-electron chi connectivity index (χ4n) is 1.72. The van der Waals surface area contributed by atoms with E-state index in [4.69, 9.17) is 4.74 Å². The van der Waals surface area contributed by atoms with Crippen molar-refractivity contribution in [1.82, 2.24) is 10.2 Å². The summed E-state index contributed by atoms with van der Waals surface area (Å²) in [6.45, 7) is 0. The van der Waals surface area contributed by atoms with Gasteiger partial charge in [-0.05, 0) is 52.9 Å². The zero-order valence-corrected chi connectivity index (χ0v) is 11.5. The molecule has 1 heterocycles. The van der Waals surface area contributed by atoms with Crippen LogP contribution in [0.4, 0.5) is 0 Å². The van der Waals surface area contributed by atoms with Crippen LogP contribution in [-0.2, 0) is 0 Å². The van der Waals surface area contributed by atoms with Gasteiger partial charge in [-0.2, -0.15) is 10.2 Å². The van der Waals surface area contributed by atoms with Crippen molar-refractivity contribution in [2.75, 3.05) is 0 Å². The molecule has 0 spiro atoms. The van der Waals surface area contributed by atoms with E-state index in [2.05, 4.69) is 32.8 Å². The summed E-state index contributed by atoms with van der Waals surface area (Å²) in [5.74, 6) is 1.53. The van der Waals surface area contributed by atoms with Crippen molar-refractivity contribution in [3.05, 3.63) is 58.3 Å². The van der Waals surface area contributed by atoms with Crippen LogP contribution in [0.15, 0.2) is 54.7 Å². The molecule has 88 valence electrons. The average molecular weight is 348 g/mol. The molecule has 3 rings (SSSR count). The molecular formula is C14H9IN2O. The molecule has 18 heavy (non-hydrogen) atoms. The van der Waals surface area contributed by atoms with E-state index in [0.717, 1.165) is 26.0 Å². The Balaban J connectivity index is 2.05. The van der Waals surface area contributed by atoms with Gasteiger partial charge in [-0.3, -0.25) is 0 Å². The standard InChI is InChI=1S/C14H9IN2O/c15-10-4-3-5-11(8-10)18-14-9-16-17-13-7-2-1-6-12(13)14/h1-9H. The van der Waals surface area contributed by atoms with Crippen LogP contribution in [0.1, 0.15) is 0 Å². The first-order valence-corrected chi connectivity index (χ1v) is 6.55. The molecule has 0 aliphatic carbocycles. The van der Waals surface area contributed by atoms with E-state index in [1.54, 1.807) is 6.20 Å². The van der Waals surface area contributed by atoms with Crippen LogP contribution in [0.2, 0.25) is 0 Å². The number of nitrogens with zero attached hydrogens (tertiary/aromatic N) is 2. The summed E-state index contributed by atoms with van der Waals surface area (Å²) in [5.41, 5.74) is 0.834. The van der Waals surface area contributed by atoms with Crippen LogP contribution >= 0.6 is 22.6 Å². The predicted octanol–water partition coefficient (Wildman–Crippen LogP) is 4.03. The van der Waals surface area contributed by atoms with Gasteiger partial charge in [0.1, 0.15) is 5.75 Å². The maximum atomic E-state index is 5.87. The highest BCUT2D eigenvalue weighted by Crippen LogP contribution is 2.28. The Bertz CT molecular complexity index is 695. The largest absolute Gasteiger partial charge is 0.455 e. The third-order valence-corrected chi connectivity index (χ3v) is 3.20. The van der Waals surface area contributed by atoms with Gasteiger partial charge >= 0.3 is 0 Å². The van der Waals surface area contributed by atoms with Gasteiger partial charge in [-0.25, -0.2) is 0 Å². The molecule has 1 aromatic heterocycles. The molecule has 0 saturated carbocycles. The quantitative estimate of drug-likeness (QED) is 0.656. The van der Waals surface area contributed by atoms with Gasteiger partial charge in [-0.1, -0.05) is 18.2 Å². The first-order valence-electron chi connectivity index (χ1n) is 5.47. The fourth-order valence-corrected chi connectivity index (χ4v) is 2.24. The lowest BCUT2D eigenvalue weighted by Crippen LogP contribution is -1.90. The van der Waals surface area contributed by atoms with E-state index in [-0.39, 0.29) is 0 Å². The van der Waals surface area contributed by atoms with Crippen molar-refractivity contribution in [2.24, 2.45) is 0 Å². The Hall–Kier alpha value is -1.69. The van der Waals surface area contributed by atoms with Gasteiger partial charge in [0.25, 0.3) is 0 Å². The third kappa shape index (κ3) is 2.28. The summed E-state index contributed by atoms with van der Waals surface area (Å²) in [4.78, 5) is 0. The molecular weight excluding hydrogens is 339 g/mol. The van der Waals surface area contributed by atoms with Crippen LogP contribution in [0.5, 0.6) is 11.5 Å². The average Bonchev–Trinajstić information content (AvgIpc) is 2.39. The molecule has 0 bridgehead atoms. The van der Waals surface area contributed by atoms with E-state index in [0.29, 0.717) is 0 Å². The summed E-state index contributed by atoms with van der Waals surface area (Å²) in [6.07, 6.45) is 1.64. The Labute approximate surface area is 118 Å². The van der Waals surface area contributed by atoms with Gasteiger partial charge in [0.05, 0.1) is 11.7 Å². The highest BCUT2D eigenvalue weighted by atomic mass is 127. The minimum atomic E-state index is 0.725. The summed E-state index contributed by atoms with van der Waals surface area (Å²) >= 11 is 2.26. The Morgan fingerprint density at radius 3 is 2.78 bits per heavy atom. The van der Waals surface area contributed by atoms with Crippen LogP contribution in [0.3, 0.4) is 0 Å². The summed E-state index contributed by atoms with van der Waals surface area (Å²) < 4.78 is 7.00. The van der Waals surface area contributed by atoms with Crippen LogP contribution in [0.25, 0.3) is 10.9 Å². The normalized spacial score (nSPS) is 10.5. The second-order valence-corrected chi connectivity index (χ2v) is 5.03. The lowest BCUT2D eigenvalue weighted by molar-refractivity contribution is 0.484. The van der Waals surface area contributed by atoms with Crippen molar-refractivity contribution >= 4 is 33.5 Å². The molecule has 0 saturated heterocycles. The molecule has 0 amide bonds. The minimum absolute atomic E-state index is 0.725. The maximum Gasteiger partial charge on any atom is 0.156 e. The maximum absolute atomic E-state index is 5.87. The zero-order valence-electron chi connectivity index (χ0n) is 9.38. The second-order valence-electron chi connectivity index (χ2n) is 3.79. The Morgan fingerprint density at radius 2 is 1.89 bits per heavy atom. The van der Waals surface area contributed by atoms with Crippen molar-refractivity contribution in [2.45, 2.75) is 0 Å². The second kappa shape index (κ2) is 4.89. The van der Waals surface area contributed by atoms with E-state index in [9.17, 15) is 0 Å². The number of ether oxygens (including phenoxy) is 1. The van der Waals surface area contributed by atoms with E-state index >= 15 is 0 Å². The molecule has 0 atom stereocenters. The number of hydrogen-bond donors (Lipinski definition) is 0. The number of halogens is 1. The van der Waals surface area contributed by atoms with Crippen molar-refractivity contribution in [3.8, 4) is 11.5 Å². The van der Waals surface area contributed by atoms with Gasteiger partial charge < -0.3 is 4.74 Å². The van der Waals surface area contributed by atoms with Crippen molar-refractivity contribution in [3.63, 3.8) is 0 Å². The number of hydrogen-bond acceptors (Lipinski definition) is 3. The summed E-state index contributed by atoms with van der Waals surface area (Å²) in [6, 6.07) is 15.7. The first-order chi connectivity index (χ1) is 8.83. The monoisotopic (exact) mass is 348 g/mol. The molecule has 0 aliphatic heterocycles. The van der Waals surface area contributed by atoms with E-state index in [1.807, 2.05) is 48.5 Å². The van der Waals surface area contributed by atoms with Crippen LogP contribution in [0, 0.1) is 3.57 Å². The van der Waals surface area contributed by atoms with Crippen molar-refractivity contribution in [1.29, 1.82) is 0 Å². The molecule has 2 aromatic carbocycles. The first kappa shape index (κ1) is 11.4. The minimum Gasteiger partial charge on any atom is -0.455 e.